The van der Waals surface area contributed by atoms with Gasteiger partial charge in [0, 0.05) is 37.2 Å². The van der Waals surface area contributed by atoms with E-state index in [1.54, 1.807) is 0 Å². The fourth-order valence-corrected chi connectivity index (χ4v) is 4.42. The standard InChI is InChI=1S/C10H20N2S2/c11-10-3-1-2-9(10)8-12-4-6-13-14-7-5-12/h9-10H,1-8,11H2/t9-,10-/m1/s1. The van der Waals surface area contributed by atoms with E-state index in [1.165, 1.54) is 50.4 Å². The molecular weight excluding hydrogens is 212 g/mol. The van der Waals surface area contributed by atoms with Gasteiger partial charge in [-0.1, -0.05) is 28.0 Å². The van der Waals surface area contributed by atoms with Crippen molar-refractivity contribution in [1.29, 1.82) is 0 Å². The Kier molecular flexibility index (Phi) is 4.47. The lowest BCUT2D eigenvalue weighted by Crippen LogP contribution is -2.37. The lowest BCUT2D eigenvalue weighted by Gasteiger charge is -2.25. The van der Waals surface area contributed by atoms with Crippen LogP contribution < -0.4 is 5.73 Å². The molecule has 2 fully saturated rings. The van der Waals surface area contributed by atoms with E-state index in [4.69, 9.17) is 5.73 Å². The van der Waals surface area contributed by atoms with Gasteiger partial charge in [-0.15, -0.1) is 0 Å². The lowest BCUT2D eigenvalue weighted by molar-refractivity contribution is 0.248. The number of rotatable bonds is 2. The van der Waals surface area contributed by atoms with Gasteiger partial charge in [-0.3, -0.25) is 0 Å². The maximum Gasteiger partial charge on any atom is 0.0165 e. The first-order chi connectivity index (χ1) is 6.86. The van der Waals surface area contributed by atoms with Gasteiger partial charge < -0.3 is 10.6 Å². The average Bonchev–Trinajstić information content (AvgIpc) is 2.44. The minimum atomic E-state index is 0.485. The number of nitrogens with zero attached hydrogens (tertiary/aromatic N) is 1. The van der Waals surface area contributed by atoms with Crippen molar-refractivity contribution in [2.45, 2.75) is 25.3 Å². The van der Waals surface area contributed by atoms with Gasteiger partial charge in [-0.25, -0.2) is 0 Å². The topological polar surface area (TPSA) is 29.3 Å². The van der Waals surface area contributed by atoms with Crippen LogP contribution in [-0.2, 0) is 0 Å². The van der Waals surface area contributed by atoms with Gasteiger partial charge in [0.25, 0.3) is 0 Å². The van der Waals surface area contributed by atoms with Crippen molar-refractivity contribution in [3.8, 4) is 0 Å². The van der Waals surface area contributed by atoms with E-state index >= 15 is 0 Å². The molecule has 2 N–H and O–H groups in total. The molecule has 1 aliphatic heterocycles. The molecule has 1 heterocycles. The van der Waals surface area contributed by atoms with Crippen molar-refractivity contribution >= 4 is 21.6 Å². The zero-order valence-corrected chi connectivity index (χ0v) is 10.3. The molecule has 0 radical (unpaired) electrons. The highest BCUT2D eigenvalue weighted by molar-refractivity contribution is 8.76. The third-order valence-electron chi connectivity index (χ3n) is 3.28. The Bertz CT molecular complexity index is 170. The largest absolute Gasteiger partial charge is 0.327 e. The predicted octanol–water partition coefficient (Wildman–Crippen LogP) is 1.81. The molecule has 4 heteroatoms. The molecule has 82 valence electrons. The highest BCUT2D eigenvalue weighted by Crippen LogP contribution is 2.27. The Hall–Kier alpha value is 0.620. The van der Waals surface area contributed by atoms with Crippen LogP contribution in [0.25, 0.3) is 0 Å². The summed E-state index contributed by atoms with van der Waals surface area (Å²) in [5, 5.41) is 0. The molecule has 1 saturated carbocycles. The summed E-state index contributed by atoms with van der Waals surface area (Å²) in [6.07, 6.45) is 3.96. The molecule has 0 aromatic rings. The number of hydrogen-bond donors (Lipinski definition) is 1. The quantitative estimate of drug-likeness (QED) is 0.735. The summed E-state index contributed by atoms with van der Waals surface area (Å²) in [7, 11) is 4.04. The van der Waals surface area contributed by atoms with Crippen molar-refractivity contribution in [3.63, 3.8) is 0 Å². The van der Waals surface area contributed by atoms with Crippen molar-refractivity contribution in [3.05, 3.63) is 0 Å². The third-order valence-corrected chi connectivity index (χ3v) is 5.64. The molecule has 2 atom stereocenters. The molecule has 2 nitrogen and oxygen atoms in total. The van der Waals surface area contributed by atoms with E-state index in [0.29, 0.717) is 6.04 Å². The summed E-state index contributed by atoms with van der Waals surface area (Å²) in [6, 6.07) is 0.485. The van der Waals surface area contributed by atoms with E-state index in [2.05, 4.69) is 4.90 Å². The molecule has 1 aliphatic carbocycles. The molecule has 0 aromatic carbocycles. The molecule has 2 rings (SSSR count). The lowest BCUT2D eigenvalue weighted by atomic mass is 10.0. The van der Waals surface area contributed by atoms with Crippen LogP contribution in [0.1, 0.15) is 19.3 Å². The van der Waals surface area contributed by atoms with Crippen LogP contribution in [0.3, 0.4) is 0 Å². The second-order valence-electron chi connectivity index (χ2n) is 4.30. The summed E-state index contributed by atoms with van der Waals surface area (Å²) in [5.41, 5.74) is 6.10. The van der Waals surface area contributed by atoms with E-state index in [9.17, 15) is 0 Å². The summed E-state index contributed by atoms with van der Waals surface area (Å²) in [6.45, 7) is 3.78. The molecular formula is C10H20N2S2. The molecule has 0 amide bonds. The summed E-state index contributed by atoms with van der Waals surface area (Å²) < 4.78 is 0. The van der Waals surface area contributed by atoms with Crippen LogP contribution >= 0.6 is 21.6 Å². The van der Waals surface area contributed by atoms with E-state index in [1.807, 2.05) is 21.6 Å². The third kappa shape index (κ3) is 3.05. The van der Waals surface area contributed by atoms with Gasteiger partial charge in [0.2, 0.25) is 0 Å². The first-order valence-corrected chi connectivity index (χ1v) is 8.07. The highest BCUT2D eigenvalue weighted by atomic mass is 33.1. The van der Waals surface area contributed by atoms with Gasteiger partial charge in [-0.2, -0.15) is 0 Å². The second kappa shape index (κ2) is 5.64. The molecule has 0 bridgehead atoms. The molecule has 0 aromatic heterocycles. The SMILES string of the molecule is N[C@@H]1CCC[C@@H]1CN1CCSSCC1. The van der Waals surface area contributed by atoms with Crippen LogP contribution in [0, 0.1) is 5.92 Å². The Morgan fingerprint density at radius 3 is 2.43 bits per heavy atom. The Balaban J connectivity index is 1.77. The monoisotopic (exact) mass is 232 g/mol. The highest BCUT2D eigenvalue weighted by Gasteiger charge is 2.25. The van der Waals surface area contributed by atoms with Crippen molar-refractivity contribution < 1.29 is 0 Å². The number of nitrogens with two attached hydrogens (primary N) is 1. The van der Waals surface area contributed by atoms with Crippen LogP contribution in [0.15, 0.2) is 0 Å². The van der Waals surface area contributed by atoms with Crippen molar-refractivity contribution in [2.75, 3.05) is 31.1 Å². The zero-order valence-electron chi connectivity index (χ0n) is 8.65. The Morgan fingerprint density at radius 2 is 1.86 bits per heavy atom. The minimum Gasteiger partial charge on any atom is -0.327 e. The van der Waals surface area contributed by atoms with Gasteiger partial charge in [0.05, 0.1) is 0 Å². The molecule has 0 unspecified atom stereocenters. The van der Waals surface area contributed by atoms with E-state index < -0.39 is 0 Å². The van der Waals surface area contributed by atoms with Gasteiger partial charge in [-0.05, 0) is 18.8 Å². The Labute approximate surface area is 94.8 Å². The minimum absolute atomic E-state index is 0.485. The molecule has 1 saturated heterocycles. The van der Waals surface area contributed by atoms with Crippen molar-refractivity contribution in [1.82, 2.24) is 4.90 Å². The maximum atomic E-state index is 6.10. The van der Waals surface area contributed by atoms with Gasteiger partial charge >= 0.3 is 0 Å². The van der Waals surface area contributed by atoms with E-state index in [-0.39, 0.29) is 0 Å². The molecule has 0 spiro atoms. The van der Waals surface area contributed by atoms with Gasteiger partial charge in [0.1, 0.15) is 0 Å². The normalized spacial score (nSPS) is 35.8. The first kappa shape index (κ1) is 11.1. The second-order valence-corrected chi connectivity index (χ2v) is 7.00. The average molecular weight is 232 g/mol. The van der Waals surface area contributed by atoms with Crippen molar-refractivity contribution in [2.24, 2.45) is 11.7 Å². The zero-order chi connectivity index (χ0) is 9.80. The predicted molar refractivity (Wildman–Crippen MR) is 66.7 cm³/mol. The van der Waals surface area contributed by atoms with Gasteiger partial charge in [0.15, 0.2) is 0 Å². The van der Waals surface area contributed by atoms with Crippen LogP contribution in [-0.4, -0.2) is 42.1 Å². The Morgan fingerprint density at radius 1 is 1.14 bits per heavy atom. The molecule has 14 heavy (non-hydrogen) atoms. The van der Waals surface area contributed by atoms with Crippen LogP contribution in [0.4, 0.5) is 0 Å². The summed E-state index contributed by atoms with van der Waals surface area (Å²) in [5.74, 6) is 3.35. The molecule has 2 aliphatic rings. The fourth-order valence-electron chi connectivity index (χ4n) is 2.37. The summed E-state index contributed by atoms with van der Waals surface area (Å²) >= 11 is 0. The maximum absolute atomic E-state index is 6.10. The summed E-state index contributed by atoms with van der Waals surface area (Å²) in [4.78, 5) is 2.61. The van der Waals surface area contributed by atoms with Crippen LogP contribution in [0.2, 0.25) is 0 Å². The fraction of sp³-hybridized carbons (Fsp3) is 1.00. The number of hydrogen-bond acceptors (Lipinski definition) is 4. The first-order valence-electron chi connectivity index (χ1n) is 5.58. The van der Waals surface area contributed by atoms with Crippen LogP contribution in [0.5, 0.6) is 0 Å². The van der Waals surface area contributed by atoms with E-state index in [0.717, 1.165) is 5.92 Å². The smallest absolute Gasteiger partial charge is 0.0165 e.